The number of hydrogen-bond acceptors (Lipinski definition) is 5. The summed E-state index contributed by atoms with van der Waals surface area (Å²) < 4.78 is 5.53. The molecule has 0 spiro atoms. The molecule has 9 heteroatoms. The monoisotopic (exact) mass is 442 g/mol. The molecule has 31 heavy (non-hydrogen) atoms. The van der Waals surface area contributed by atoms with E-state index in [1.54, 1.807) is 24.3 Å². The Morgan fingerprint density at radius 3 is 2.65 bits per heavy atom. The summed E-state index contributed by atoms with van der Waals surface area (Å²) in [5.41, 5.74) is 1.53. The lowest BCUT2D eigenvalue weighted by molar-refractivity contribution is -0.138. The normalized spacial score (nSPS) is 21.1. The highest BCUT2D eigenvalue weighted by Crippen LogP contribution is 2.33. The fourth-order valence-electron chi connectivity index (χ4n) is 3.83. The first-order valence-electron chi connectivity index (χ1n) is 10.1. The molecule has 4 rings (SSSR count). The molecule has 1 aromatic carbocycles. The lowest BCUT2D eigenvalue weighted by atomic mass is 10.0. The highest BCUT2D eigenvalue weighted by Gasteiger charge is 2.42. The van der Waals surface area contributed by atoms with Crippen LogP contribution < -0.4 is 5.32 Å². The summed E-state index contributed by atoms with van der Waals surface area (Å²) in [5.74, 6) is -0.0314. The molecule has 2 aliphatic rings. The second-order valence-electron chi connectivity index (χ2n) is 8.08. The zero-order valence-corrected chi connectivity index (χ0v) is 18.0. The minimum Gasteiger partial charge on any atom is -0.467 e. The predicted octanol–water partition coefficient (Wildman–Crippen LogP) is 3.58. The maximum atomic E-state index is 13.1. The summed E-state index contributed by atoms with van der Waals surface area (Å²) in [6.07, 6.45) is 2.50. The average Bonchev–Trinajstić information content (AvgIpc) is 3.45. The average molecular weight is 443 g/mol. The Hall–Kier alpha value is -3.13. The van der Waals surface area contributed by atoms with Gasteiger partial charge in [0.2, 0.25) is 0 Å². The van der Waals surface area contributed by atoms with E-state index in [2.05, 4.69) is 10.4 Å². The van der Waals surface area contributed by atoms with Crippen LogP contribution in [0.1, 0.15) is 44.1 Å². The van der Waals surface area contributed by atoms with Crippen molar-refractivity contribution in [3.63, 3.8) is 0 Å². The Morgan fingerprint density at radius 2 is 2.00 bits per heavy atom. The molecule has 2 aliphatic heterocycles. The summed E-state index contributed by atoms with van der Waals surface area (Å²) in [6.45, 7) is 3.56. The third-order valence-electron chi connectivity index (χ3n) is 5.32. The van der Waals surface area contributed by atoms with Gasteiger partial charge in [-0.25, -0.2) is 9.80 Å². The van der Waals surface area contributed by atoms with Crippen LogP contribution in [-0.2, 0) is 9.59 Å². The Kier molecular flexibility index (Phi) is 5.82. The van der Waals surface area contributed by atoms with E-state index in [0.717, 1.165) is 10.5 Å². The lowest BCUT2D eigenvalue weighted by Gasteiger charge is -2.22. The van der Waals surface area contributed by atoms with Crippen LogP contribution >= 0.6 is 11.6 Å². The van der Waals surface area contributed by atoms with E-state index in [0.29, 0.717) is 29.3 Å². The van der Waals surface area contributed by atoms with Gasteiger partial charge in [-0.05, 0) is 42.2 Å². The number of urea groups is 1. The molecule has 162 valence electrons. The SMILES string of the molecule is CC(C)CC1NC(=O)N(CC(=O)N2N=C(c3ccc(Cl)cc3)CC2c2ccco2)C1=O. The molecule has 1 aromatic heterocycles. The fourth-order valence-corrected chi connectivity index (χ4v) is 3.95. The zero-order chi connectivity index (χ0) is 22.1. The van der Waals surface area contributed by atoms with Gasteiger partial charge in [0.1, 0.15) is 24.4 Å². The number of nitrogens with zero attached hydrogens (tertiary/aromatic N) is 3. The third-order valence-corrected chi connectivity index (χ3v) is 5.57. The van der Waals surface area contributed by atoms with E-state index in [1.165, 1.54) is 11.3 Å². The first-order valence-corrected chi connectivity index (χ1v) is 10.5. The molecule has 1 N–H and O–H groups in total. The summed E-state index contributed by atoms with van der Waals surface area (Å²) in [6, 6.07) is 9.09. The molecule has 1 fully saturated rings. The number of hydrazone groups is 1. The van der Waals surface area contributed by atoms with Gasteiger partial charge in [0.05, 0.1) is 12.0 Å². The van der Waals surface area contributed by atoms with Crippen molar-refractivity contribution < 1.29 is 18.8 Å². The number of nitrogens with one attached hydrogen (secondary N) is 1. The van der Waals surface area contributed by atoms with Gasteiger partial charge in [-0.1, -0.05) is 37.6 Å². The molecule has 4 amide bonds. The molecule has 2 atom stereocenters. The van der Waals surface area contributed by atoms with Crippen molar-refractivity contribution in [1.29, 1.82) is 0 Å². The molecular formula is C22H23ClN4O4. The van der Waals surface area contributed by atoms with E-state index >= 15 is 0 Å². The van der Waals surface area contributed by atoms with Crippen LogP contribution in [0.4, 0.5) is 4.79 Å². The maximum Gasteiger partial charge on any atom is 0.325 e. The molecular weight excluding hydrogens is 420 g/mol. The highest BCUT2D eigenvalue weighted by atomic mass is 35.5. The Morgan fingerprint density at radius 1 is 1.26 bits per heavy atom. The van der Waals surface area contributed by atoms with Gasteiger partial charge in [-0.15, -0.1) is 0 Å². The number of benzene rings is 1. The Balaban J connectivity index is 1.56. The van der Waals surface area contributed by atoms with Gasteiger partial charge in [-0.2, -0.15) is 5.10 Å². The first-order chi connectivity index (χ1) is 14.8. The Bertz CT molecular complexity index is 1020. The second kappa shape index (κ2) is 8.55. The van der Waals surface area contributed by atoms with Gasteiger partial charge in [0.25, 0.3) is 11.8 Å². The number of carbonyl (C=O) groups is 3. The minimum atomic E-state index is -0.604. The highest BCUT2D eigenvalue weighted by molar-refractivity contribution is 6.30. The molecule has 2 aromatic rings. The van der Waals surface area contributed by atoms with Crippen LogP contribution in [0.3, 0.4) is 0 Å². The number of imide groups is 1. The molecule has 8 nitrogen and oxygen atoms in total. The smallest absolute Gasteiger partial charge is 0.325 e. The van der Waals surface area contributed by atoms with E-state index in [9.17, 15) is 14.4 Å². The lowest BCUT2D eigenvalue weighted by Crippen LogP contribution is -2.41. The number of halogens is 1. The summed E-state index contributed by atoms with van der Waals surface area (Å²) in [5, 5.41) is 9.08. The van der Waals surface area contributed by atoms with Crippen LogP contribution in [0.25, 0.3) is 0 Å². The van der Waals surface area contributed by atoms with E-state index in [-0.39, 0.29) is 18.4 Å². The summed E-state index contributed by atoms with van der Waals surface area (Å²) >= 11 is 5.98. The largest absolute Gasteiger partial charge is 0.467 e. The molecule has 0 bridgehead atoms. The Labute approximate surface area is 184 Å². The molecule has 0 saturated carbocycles. The summed E-state index contributed by atoms with van der Waals surface area (Å²) in [7, 11) is 0. The topological polar surface area (TPSA) is 95.2 Å². The number of hydrogen-bond donors (Lipinski definition) is 1. The van der Waals surface area contributed by atoms with Gasteiger partial charge in [0, 0.05) is 11.4 Å². The van der Waals surface area contributed by atoms with Crippen molar-refractivity contribution >= 4 is 35.2 Å². The maximum absolute atomic E-state index is 13.1. The van der Waals surface area contributed by atoms with Crippen molar-refractivity contribution in [2.24, 2.45) is 11.0 Å². The number of furan rings is 1. The van der Waals surface area contributed by atoms with Crippen molar-refractivity contribution in [2.75, 3.05) is 6.54 Å². The zero-order valence-electron chi connectivity index (χ0n) is 17.2. The van der Waals surface area contributed by atoms with Crippen molar-refractivity contribution in [2.45, 2.75) is 38.8 Å². The van der Waals surface area contributed by atoms with Gasteiger partial charge in [-0.3, -0.25) is 14.5 Å². The van der Waals surface area contributed by atoms with Crippen LogP contribution in [-0.4, -0.2) is 46.1 Å². The standard InChI is InChI=1S/C22H23ClN4O4/c1-13(2)10-17-21(29)26(22(30)24-17)12-20(28)27-18(19-4-3-9-31-19)11-16(25-27)14-5-7-15(23)8-6-14/h3-9,13,17-18H,10-12H2,1-2H3,(H,24,30). The molecule has 0 aliphatic carbocycles. The first kappa shape index (κ1) is 21.1. The number of rotatable bonds is 6. The van der Waals surface area contributed by atoms with Gasteiger partial charge < -0.3 is 9.73 Å². The fraction of sp³-hybridized carbons (Fsp3) is 0.364. The predicted molar refractivity (Wildman–Crippen MR) is 114 cm³/mol. The van der Waals surface area contributed by atoms with Crippen molar-refractivity contribution in [3.05, 3.63) is 59.0 Å². The van der Waals surface area contributed by atoms with Crippen LogP contribution in [0.15, 0.2) is 52.2 Å². The number of carbonyl (C=O) groups excluding carboxylic acids is 3. The van der Waals surface area contributed by atoms with E-state index < -0.39 is 24.0 Å². The number of amides is 4. The third kappa shape index (κ3) is 4.34. The van der Waals surface area contributed by atoms with E-state index in [4.69, 9.17) is 16.0 Å². The molecule has 3 heterocycles. The van der Waals surface area contributed by atoms with Gasteiger partial charge in [0.15, 0.2) is 0 Å². The van der Waals surface area contributed by atoms with E-state index in [1.807, 2.05) is 26.0 Å². The van der Waals surface area contributed by atoms with Crippen molar-refractivity contribution in [1.82, 2.24) is 15.2 Å². The van der Waals surface area contributed by atoms with Crippen LogP contribution in [0.2, 0.25) is 5.02 Å². The molecule has 0 radical (unpaired) electrons. The summed E-state index contributed by atoms with van der Waals surface area (Å²) in [4.78, 5) is 39.0. The second-order valence-corrected chi connectivity index (χ2v) is 8.52. The van der Waals surface area contributed by atoms with Gasteiger partial charge >= 0.3 is 6.03 Å². The quantitative estimate of drug-likeness (QED) is 0.691. The van der Waals surface area contributed by atoms with Crippen LogP contribution in [0, 0.1) is 5.92 Å². The molecule has 2 unspecified atom stereocenters. The molecule has 1 saturated heterocycles. The minimum absolute atomic E-state index is 0.235. The van der Waals surface area contributed by atoms with Crippen LogP contribution in [0.5, 0.6) is 0 Å². The van der Waals surface area contributed by atoms with Crippen molar-refractivity contribution in [3.8, 4) is 0 Å².